The topological polar surface area (TPSA) is 68.3 Å². The van der Waals surface area contributed by atoms with Crippen LogP contribution in [0, 0.1) is 0 Å². The number of hydrogen-bond donors (Lipinski definition) is 0. The van der Waals surface area contributed by atoms with Crippen LogP contribution >= 0.6 is 0 Å². The largest absolute Gasteiger partial charge is 0.492 e. The van der Waals surface area contributed by atoms with Gasteiger partial charge in [-0.15, -0.1) is 0 Å². The normalized spacial score (nSPS) is 16.8. The molecule has 3 rings (SSSR count). The zero-order chi connectivity index (χ0) is 21.6. The summed E-state index contributed by atoms with van der Waals surface area (Å²) >= 11 is 0. The van der Waals surface area contributed by atoms with Crippen molar-refractivity contribution in [2.45, 2.75) is 12.3 Å². The molecule has 1 atom stereocenters. The van der Waals surface area contributed by atoms with E-state index in [1.807, 2.05) is 0 Å². The molecule has 2 heterocycles. The Labute approximate surface area is 171 Å². The van der Waals surface area contributed by atoms with Crippen LogP contribution in [0.5, 0.6) is 23.1 Å². The predicted molar refractivity (Wildman–Crippen MR) is 100 cm³/mol. The number of hydrogen-bond acceptors (Lipinski definition) is 7. The first kappa shape index (κ1) is 22.0. The first-order valence-corrected chi connectivity index (χ1v) is 9.14. The van der Waals surface area contributed by atoms with E-state index in [0.717, 1.165) is 0 Å². The molecule has 1 aliphatic heterocycles. The van der Waals surface area contributed by atoms with Crippen LogP contribution in [0.3, 0.4) is 0 Å². The van der Waals surface area contributed by atoms with E-state index in [-0.39, 0.29) is 24.3 Å². The second-order valence-electron chi connectivity index (χ2n) is 6.35. The van der Waals surface area contributed by atoms with E-state index in [9.17, 15) is 13.2 Å². The van der Waals surface area contributed by atoms with Crippen molar-refractivity contribution in [3.8, 4) is 34.3 Å². The van der Waals surface area contributed by atoms with Crippen molar-refractivity contribution < 1.29 is 41.6 Å². The lowest BCUT2D eigenvalue weighted by molar-refractivity contribution is -0.153. The molecule has 0 saturated carbocycles. The van der Waals surface area contributed by atoms with E-state index < -0.39 is 12.8 Å². The average molecular weight is 429 g/mol. The van der Waals surface area contributed by atoms with Crippen LogP contribution in [-0.2, 0) is 9.47 Å². The van der Waals surface area contributed by atoms with Gasteiger partial charge in [0.1, 0.15) is 18.5 Å². The van der Waals surface area contributed by atoms with Crippen molar-refractivity contribution in [1.29, 1.82) is 0 Å². The van der Waals surface area contributed by atoms with Crippen molar-refractivity contribution in [3.05, 3.63) is 30.5 Å². The molecule has 1 aliphatic rings. The average Bonchev–Trinajstić information content (AvgIpc) is 2.76. The first-order valence-electron chi connectivity index (χ1n) is 9.14. The number of ether oxygens (including phenoxy) is 6. The summed E-state index contributed by atoms with van der Waals surface area (Å²) in [6, 6.07) is 6.05. The van der Waals surface area contributed by atoms with Gasteiger partial charge in [0.15, 0.2) is 18.1 Å². The maximum Gasteiger partial charge on any atom is 0.422 e. The molecule has 0 aliphatic carbocycles. The number of methoxy groups -OCH3 is 2. The fourth-order valence-electron chi connectivity index (χ4n) is 2.86. The molecule has 0 spiro atoms. The molecule has 164 valence electrons. The summed E-state index contributed by atoms with van der Waals surface area (Å²) in [7, 11) is 2.95. The second kappa shape index (κ2) is 9.86. The third-order valence-electron chi connectivity index (χ3n) is 4.22. The molecule has 1 saturated heterocycles. The second-order valence-corrected chi connectivity index (χ2v) is 6.35. The highest BCUT2D eigenvalue weighted by Gasteiger charge is 2.28. The van der Waals surface area contributed by atoms with Gasteiger partial charge in [0, 0.05) is 0 Å². The summed E-state index contributed by atoms with van der Waals surface area (Å²) in [6.45, 7) is 0.281. The molecular weight excluding hydrogens is 407 g/mol. The monoisotopic (exact) mass is 429 g/mol. The van der Waals surface area contributed by atoms with Crippen LogP contribution in [0.15, 0.2) is 30.5 Å². The summed E-state index contributed by atoms with van der Waals surface area (Å²) in [4.78, 5) is 4.31. The molecule has 30 heavy (non-hydrogen) atoms. The number of nitrogens with zero attached hydrogens (tertiary/aromatic N) is 1. The van der Waals surface area contributed by atoms with Gasteiger partial charge in [0.25, 0.3) is 0 Å². The highest BCUT2D eigenvalue weighted by Crippen LogP contribution is 2.43. The van der Waals surface area contributed by atoms with Crippen molar-refractivity contribution in [2.24, 2.45) is 0 Å². The number of halogens is 3. The maximum absolute atomic E-state index is 12.4. The summed E-state index contributed by atoms with van der Waals surface area (Å²) in [5.74, 6) is 1.12. The summed E-state index contributed by atoms with van der Waals surface area (Å²) in [5, 5.41) is 0. The lowest BCUT2D eigenvalue weighted by atomic mass is 10.1. The van der Waals surface area contributed by atoms with Crippen molar-refractivity contribution in [1.82, 2.24) is 4.98 Å². The highest BCUT2D eigenvalue weighted by atomic mass is 19.4. The number of alkyl halides is 3. The van der Waals surface area contributed by atoms with Crippen LogP contribution in [0.4, 0.5) is 13.2 Å². The molecule has 0 N–H and O–H groups in total. The molecule has 7 nitrogen and oxygen atoms in total. The fourth-order valence-corrected chi connectivity index (χ4v) is 2.86. The highest BCUT2D eigenvalue weighted by molar-refractivity contribution is 5.78. The van der Waals surface area contributed by atoms with E-state index in [0.29, 0.717) is 42.4 Å². The smallest absolute Gasteiger partial charge is 0.422 e. The van der Waals surface area contributed by atoms with Gasteiger partial charge in [-0.2, -0.15) is 13.2 Å². The van der Waals surface area contributed by atoms with Crippen LogP contribution < -0.4 is 18.9 Å². The molecule has 0 unspecified atom stereocenters. The van der Waals surface area contributed by atoms with E-state index in [2.05, 4.69) is 4.98 Å². The van der Waals surface area contributed by atoms with Gasteiger partial charge >= 0.3 is 6.18 Å². The summed E-state index contributed by atoms with van der Waals surface area (Å²) in [6.07, 6.45) is -3.18. The number of rotatable bonds is 8. The minimum atomic E-state index is -4.41. The minimum absolute atomic E-state index is 0.0844. The Morgan fingerprint density at radius 2 is 1.83 bits per heavy atom. The molecule has 1 fully saturated rings. The van der Waals surface area contributed by atoms with Gasteiger partial charge < -0.3 is 28.4 Å². The molecule has 1 aromatic heterocycles. The zero-order valence-electron chi connectivity index (χ0n) is 16.5. The minimum Gasteiger partial charge on any atom is -0.492 e. The van der Waals surface area contributed by atoms with Gasteiger partial charge in [-0.3, -0.25) is 0 Å². The third kappa shape index (κ3) is 5.67. The zero-order valence-corrected chi connectivity index (χ0v) is 16.5. The summed E-state index contributed by atoms with van der Waals surface area (Å²) < 4.78 is 69.4. The van der Waals surface area contributed by atoms with Crippen LogP contribution in [0.2, 0.25) is 0 Å². The van der Waals surface area contributed by atoms with Crippen LogP contribution in [0.25, 0.3) is 11.1 Å². The first-order chi connectivity index (χ1) is 14.4. The molecule has 0 bridgehead atoms. The number of pyridine rings is 1. The molecule has 2 aromatic rings. The van der Waals surface area contributed by atoms with Crippen LogP contribution in [-0.4, -0.2) is 64.5 Å². The Bertz CT molecular complexity index is 823. The Kier molecular flexibility index (Phi) is 7.22. The van der Waals surface area contributed by atoms with Gasteiger partial charge in [0.05, 0.1) is 45.8 Å². The predicted octanol–water partition coefficient (Wildman–Crippen LogP) is 3.50. The van der Waals surface area contributed by atoms with Gasteiger partial charge in [-0.25, -0.2) is 4.98 Å². The Morgan fingerprint density at radius 1 is 1.07 bits per heavy atom. The van der Waals surface area contributed by atoms with E-state index in [4.69, 9.17) is 28.4 Å². The Morgan fingerprint density at radius 3 is 2.43 bits per heavy atom. The van der Waals surface area contributed by atoms with Crippen molar-refractivity contribution in [2.75, 3.05) is 47.3 Å². The van der Waals surface area contributed by atoms with Gasteiger partial charge in [0.2, 0.25) is 5.88 Å². The summed E-state index contributed by atoms with van der Waals surface area (Å²) in [5.41, 5.74) is 1.10. The fraction of sp³-hybridized carbons (Fsp3) is 0.450. The lowest BCUT2D eigenvalue weighted by Gasteiger charge is -2.23. The quantitative estimate of drug-likeness (QED) is 0.636. The van der Waals surface area contributed by atoms with Crippen molar-refractivity contribution >= 4 is 0 Å². The Hall–Kier alpha value is -2.72. The standard InChI is InChI=1S/C20H22F3NO6/c1-25-16-9-24-19(29-11-15-10-27-7-8-28-15)17(18(16)26-2)13-3-5-14(6-4-13)30-12-20(21,22)23/h3-6,9,15H,7-8,10-12H2,1-2H3/t15-/m1/s1. The van der Waals surface area contributed by atoms with Crippen LogP contribution in [0.1, 0.15) is 0 Å². The Balaban J connectivity index is 1.86. The molecule has 0 radical (unpaired) electrons. The van der Waals surface area contributed by atoms with E-state index in [1.54, 1.807) is 12.1 Å². The van der Waals surface area contributed by atoms with Gasteiger partial charge in [-0.05, 0) is 17.7 Å². The van der Waals surface area contributed by atoms with Gasteiger partial charge in [-0.1, -0.05) is 12.1 Å². The van der Waals surface area contributed by atoms with Crippen molar-refractivity contribution in [3.63, 3.8) is 0 Å². The molecule has 0 amide bonds. The van der Waals surface area contributed by atoms with E-state index >= 15 is 0 Å². The lowest BCUT2D eigenvalue weighted by Crippen LogP contribution is -2.33. The number of aromatic nitrogens is 1. The third-order valence-corrected chi connectivity index (χ3v) is 4.22. The maximum atomic E-state index is 12.4. The van der Waals surface area contributed by atoms with E-state index in [1.165, 1.54) is 32.5 Å². The number of benzene rings is 1. The molecule has 10 heteroatoms. The molecular formula is C20H22F3NO6. The SMILES string of the molecule is COc1cnc(OC[C@H]2COCCO2)c(-c2ccc(OCC(F)(F)F)cc2)c1OC. The molecule has 1 aromatic carbocycles.